The van der Waals surface area contributed by atoms with Crippen LogP contribution in [0.2, 0.25) is 0 Å². The van der Waals surface area contributed by atoms with Crippen LogP contribution in [-0.4, -0.2) is 25.3 Å². The number of hydrogen-bond donors (Lipinski definition) is 1. The number of benzene rings is 1. The van der Waals surface area contributed by atoms with Gasteiger partial charge in [0, 0.05) is 28.5 Å². The summed E-state index contributed by atoms with van der Waals surface area (Å²) in [5.41, 5.74) is 2.27. The molecule has 0 aliphatic heterocycles. The van der Waals surface area contributed by atoms with E-state index in [0.29, 0.717) is 17.8 Å². The van der Waals surface area contributed by atoms with Crippen molar-refractivity contribution < 1.29 is 9.52 Å². The summed E-state index contributed by atoms with van der Waals surface area (Å²) in [6.07, 6.45) is 0.671. The fourth-order valence-electron chi connectivity index (χ4n) is 2.69. The van der Waals surface area contributed by atoms with Gasteiger partial charge in [-0.1, -0.05) is 6.92 Å². The van der Waals surface area contributed by atoms with Crippen LogP contribution in [0.5, 0.6) is 5.75 Å². The molecule has 7 nitrogen and oxygen atoms in total. The Hall–Kier alpha value is -3.00. The van der Waals surface area contributed by atoms with Gasteiger partial charge in [0.1, 0.15) is 11.3 Å². The second kappa shape index (κ2) is 6.14. The van der Waals surface area contributed by atoms with E-state index < -0.39 is 5.63 Å². The van der Waals surface area contributed by atoms with Crippen LogP contribution < -0.4 is 5.63 Å². The maximum Gasteiger partial charge on any atom is 0.336 e. The number of nitrogens with zero attached hydrogens (tertiary/aromatic N) is 4. The second-order valence-electron chi connectivity index (χ2n) is 5.58. The summed E-state index contributed by atoms with van der Waals surface area (Å²) < 4.78 is 5.20. The first-order valence-electron chi connectivity index (χ1n) is 7.73. The number of aromatic hydroxyl groups is 1. The van der Waals surface area contributed by atoms with Crippen LogP contribution in [0, 0.1) is 0 Å². The smallest absolute Gasteiger partial charge is 0.336 e. The van der Waals surface area contributed by atoms with Crippen molar-refractivity contribution in [3.63, 3.8) is 0 Å². The summed E-state index contributed by atoms with van der Waals surface area (Å²) in [5, 5.41) is 27.1. The zero-order valence-corrected chi connectivity index (χ0v) is 14.2. The highest BCUT2D eigenvalue weighted by Gasteiger charge is 2.12. The highest BCUT2D eigenvalue weighted by Crippen LogP contribution is 2.27. The number of tetrazole rings is 1. The number of phenolic OH excluding ortho intramolecular Hbond substituents is 1. The Morgan fingerprint density at radius 2 is 2.16 bits per heavy atom. The third-order valence-electron chi connectivity index (χ3n) is 3.95. The molecule has 25 heavy (non-hydrogen) atoms. The van der Waals surface area contributed by atoms with E-state index in [9.17, 15) is 9.90 Å². The molecule has 0 aliphatic rings. The second-order valence-corrected chi connectivity index (χ2v) is 6.36. The molecule has 0 saturated carbocycles. The van der Waals surface area contributed by atoms with Crippen molar-refractivity contribution in [3.8, 4) is 17.1 Å². The number of hydrogen-bond acceptors (Lipinski definition) is 7. The van der Waals surface area contributed by atoms with E-state index in [0.717, 1.165) is 22.1 Å². The number of rotatable bonds is 4. The molecule has 1 N–H and O–H groups in total. The van der Waals surface area contributed by atoms with Gasteiger partial charge < -0.3 is 9.52 Å². The van der Waals surface area contributed by atoms with Crippen molar-refractivity contribution in [1.82, 2.24) is 20.2 Å². The molecule has 0 aliphatic carbocycles. The molecule has 0 amide bonds. The first-order chi connectivity index (χ1) is 12.1. The molecule has 4 aromatic rings. The molecular formula is C17H14N4O3S. The van der Waals surface area contributed by atoms with E-state index in [2.05, 4.69) is 15.4 Å². The summed E-state index contributed by atoms with van der Waals surface area (Å²) in [4.78, 5) is 13.3. The van der Waals surface area contributed by atoms with Crippen molar-refractivity contribution in [2.75, 3.05) is 0 Å². The lowest BCUT2D eigenvalue weighted by Gasteiger charge is -2.08. The van der Waals surface area contributed by atoms with Crippen LogP contribution in [0.1, 0.15) is 18.1 Å². The zero-order chi connectivity index (χ0) is 17.4. The molecule has 3 aromatic heterocycles. The number of thiophene rings is 1. The minimum atomic E-state index is -0.482. The molecule has 0 unspecified atom stereocenters. The van der Waals surface area contributed by atoms with Crippen molar-refractivity contribution in [2.45, 2.75) is 19.9 Å². The number of fused-ring (bicyclic) bond motifs is 1. The first-order valence-corrected chi connectivity index (χ1v) is 8.67. The standard InChI is InChI=1S/C17H14N4O3S/c1-2-10-5-13-12(6-16(23)24-15(13)7-14(10)22)8-21-19-17(18-20-21)11-3-4-25-9-11/h3-7,9,22H,2,8H2,1H3. The Kier molecular flexibility index (Phi) is 3.81. The lowest BCUT2D eigenvalue weighted by atomic mass is 10.0. The van der Waals surface area contributed by atoms with E-state index in [1.807, 2.05) is 29.8 Å². The Labute approximate surface area is 146 Å². The molecule has 4 rings (SSSR count). The van der Waals surface area contributed by atoms with Crippen LogP contribution in [0.3, 0.4) is 0 Å². The molecule has 1 aromatic carbocycles. The van der Waals surface area contributed by atoms with Gasteiger partial charge in [-0.2, -0.15) is 16.1 Å². The van der Waals surface area contributed by atoms with Gasteiger partial charge in [-0.05, 0) is 40.3 Å². The summed E-state index contributed by atoms with van der Waals surface area (Å²) >= 11 is 1.56. The van der Waals surface area contributed by atoms with Gasteiger partial charge in [0.25, 0.3) is 0 Å². The summed E-state index contributed by atoms with van der Waals surface area (Å²) in [5.74, 6) is 0.661. The number of aromatic nitrogens is 4. The van der Waals surface area contributed by atoms with E-state index in [4.69, 9.17) is 4.42 Å². The maximum absolute atomic E-state index is 11.8. The van der Waals surface area contributed by atoms with Crippen LogP contribution in [-0.2, 0) is 13.0 Å². The molecule has 0 spiro atoms. The molecule has 0 atom stereocenters. The molecule has 0 radical (unpaired) electrons. The number of aryl methyl sites for hydroxylation is 1. The third-order valence-corrected chi connectivity index (χ3v) is 4.64. The fraction of sp³-hybridized carbons (Fsp3) is 0.176. The quantitative estimate of drug-likeness (QED) is 0.566. The Balaban J connectivity index is 1.77. The van der Waals surface area contributed by atoms with Gasteiger partial charge >= 0.3 is 5.63 Å². The van der Waals surface area contributed by atoms with E-state index in [1.54, 1.807) is 11.3 Å². The van der Waals surface area contributed by atoms with Crippen molar-refractivity contribution >= 4 is 22.3 Å². The van der Waals surface area contributed by atoms with Crippen molar-refractivity contribution in [3.05, 3.63) is 56.6 Å². The van der Waals surface area contributed by atoms with Crippen molar-refractivity contribution in [1.29, 1.82) is 0 Å². The lowest BCUT2D eigenvalue weighted by Crippen LogP contribution is -2.08. The van der Waals surface area contributed by atoms with Crippen LogP contribution >= 0.6 is 11.3 Å². The average molecular weight is 354 g/mol. The molecular weight excluding hydrogens is 340 g/mol. The normalized spacial score (nSPS) is 11.2. The zero-order valence-electron chi connectivity index (χ0n) is 13.3. The average Bonchev–Trinajstić information content (AvgIpc) is 3.25. The first kappa shape index (κ1) is 15.5. The fourth-order valence-corrected chi connectivity index (χ4v) is 3.33. The van der Waals surface area contributed by atoms with E-state index in [-0.39, 0.29) is 12.3 Å². The SMILES string of the molecule is CCc1cc2c(Cn3nnc(-c4ccsc4)n3)cc(=O)oc2cc1O. The summed E-state index contributed by atoms with van der Waals surface area (Å²) in [7, 11) is 0. The Morgan fingerprint density at radius 1 is 1.28 bits per heavy atom. The van der Waals surface area contributed by atoms with Crippen LogP contribution in [0.4, 0.5) is 0 Å². The van der Waals surface area contributed by atoms with Crippen molar-refractivity contribution in [2.24, 2.45) is 0 Å². The molecule has 8 heteroatoms. The largest absolute Gasteiger partial charge is 0.508 e. The number of phenols is 1. The van der Waals surface area contributed by atoms with Gasteiger partial charge in [-0.25, -0.2) is 4.79 Å². The van der Waals surface area contributed by atoms with Gasteiger partial charge in [-0.15, -0.1) is 10.2 Å². The topological polar surface area (TPSA) is 94.0 Å². The van der Waals surface area contributed by atoms with Gasteiger partial charge in [0.2, 0.25) is 5.82 Å². The molecule has 0 bridgehead atoms. The maximum atomic E-state index is 11.8. The Morgan fingerprint density at radius 3 is 2.92 bits per heavy atom. The predicted molar refractivity (Wildman–Crippen MR) is 93.8 cm³/mol. The summed E-state index contributed by atoms with van der Waals surface area (Å²) in [6, 6.07) is 6.66. The predicted octanol–water partition coefficient (Wildman–Crippen LogP) is 2.82. The lowest BCUT2D eigenvalue weighted by molar-refractivity contribution is 0.466. The van der Waals surface area contributed by atoms with Gasteiger partial charge in [0.05, 0.1) is 6.54 Å². The van der Waals surface area contributed by atoms with Crippen LogP contribution in [0.15, 0.2) is 44.2 Å². The highest BCUT2D eigenvalue weighted by molar-refractivity contribution is 7.08. The molecule has 0 saturated heterocycles. The third kappa shape index (κ3) is 2.91. The molecule has 3 heterocycles. The Bertz CT molecular complexity index is 1100. The van der Waals surface area contributed by atoms with Gasteiger partial charge in [-0.3, -0.25) is 0 Å². The highest BCUT2D eigenvalue weighted by atomic mass is 32.1. The van der Waals surface area contributed by atoms with E-state index >= 15 is 0 Å². The molecule has 126 valence electrons. The van der Waals surface area contributed by atoms with Crippen LogP contribution in [0.25, 0.3) is 22.4 Å². The monoisotopic (exact) mass is 354 g/mol. The minimum Gasteiger partial charge on any atom is -0.508 e. The van der Waals surface area contributed by atoms with Gasteiger partial charge in [0.15, 0.2) is 0 Å². The minimum absolute atomic E-state index is 0.119. The van der Waals surface area contributed by atoms with E-state index in [1.165, 1.54) is 16.9 Å². The summed E-state index contributed by atoms with van der Waals surface area (Å²) in [6.45, 7) is 2.24. The molecule has 0 fully saturated rings.